The summed E-state index contributed by atoms with van der Waals surface area (Å²) in [7, 11) is -4.50. The summed E-state index contributed by atoms with van der Waals surface area (Å²) in [6.45, 7) is 3.61. The van der Waals surface area contributed by atoms with Gasteiger partial charge in [0.1, 0.15) is 10.6 Å². The van der Waals surface area contributed by atoms with Crippen LogP contribution in [0.3, 0.4) is 0 Å². The molecule has 0 aliphatic rings. The molecule has 0 aliphatic heterocycles. The minimum atomic E-state index is -4.50. The van der Waals surface area contributed by atoms with Gasteiger partial charge in [-0.2, -0.15) is 8.42 Å². The molecule has 2 rings (SSSR count). The summed E-state index contributed by atoms with van der Waals surface area (Å²) in [6.07, 6.45) is 1.64. The van der Waals surface area contributed by atoms with Crippen LogP contribution in [-0.2, 0) is 10.1 Å². The highest BCUT2D eigenvalue weighted by molar-refractivity contribution is 7.86. The number of hydrogen-bond acceptors (Lipinski definition) is 4. The van der Waals surface area contributed by atoms with Crippen LogP contribution in [0.25, 0.3) is 6.08 Å². The standard InChI is InChI=1S/C15H12O5S/c1-2-11-7-9-12(10-8-11)20-15(16)13-5-3-4-6-14(13)21(17,18)19/h2-10H,1H2,(H,17,18,19). The lowest BCUT2D eigenvalue weighted by Gasteiger charge is -2.07. The highest BCUT2D eigenvalue weighted by Gasteiger charge is 2.21. The van der Waals surface area contributed by atoms with Crippen LogP contribution in [0, 0.1) is 0 Å². The predicted octanol–water partition coefficient (Wildman–Crippen LogP) is 2.80. The molecule has 0 heterocycles. The number of ether oxygens (including phenoxy) is 1. The van der Waals surface area contributed by atoms with Crippen LogP contribution in [0.5, 0.6) is 5.75 Å². The largest absolute Gasteiger partial charge is 0.423 e. The monoisotopic (exact) mass is 304 g/mol. The average Bonchev–Trinajstić information content (AvgIpc) is 2.47. The van der Waals surface area contributed by atoms with Gasteiger partial charge in [0.25, 0.3) is 10.1 Å². The highest BCUT2D eigenvalue weighted by atomic mass is 32.2. The Morgan fingerprint density at radius 2 is 1.71 bits per heavy atom. The summed E-state index contributed by atoms with van der Waals surface area (Å²) in [5, 5.41) is 0. The normalized spacial score (nSPS) is 10.9. The van der Waals surface area contributed by atoms with E-state index in [0.29, 0.717) is 0 Å². The Hall–Kier alpha value is -2.44. The van der Waals surface area contributed by atoms with Gasteiger partial charge in [-0.25, -0.2) is 4.79 Å². The topological polar surface area (TPSA) is 80.7 Å². The van der Waals surface area contributed by atoms with E-state index in [2.05, 4.69) is 6.58 Å². The van der Waals surface area contributed by atoms with Crippen molar-refractivity contribution in [3.63, 3.8) is 0 Å². The Labute approximate surface area is 122 Å². The molecule has 1 N–H and O–H groups in total. The summed E-state index contributed by atoms with van der Waals surface area (Å²) in [6, 6.07) is 11.8. The Bertz CT molecular complexity index is 776. The molecule has 0 atom stereocenters. The predicted molar refractivity (Wildman–Crippen MR) is 77.7 cm³/mol. The molecule has 6 heteroatoms. The lowest BCUT2D eigenvalue weighted by atomic mass is 10.2. The Balaban J connectivity index is 2.30. The van der Waals surface area contributed by atoms with Gasteiger partial charge in [-0.1, -0.05) is 36.9 Å². The van der Waals surface area contributed by atoms with E-state index in [1.165, 1.54) is 18.2 Å². The molecule has 0 radical (unpaired) electrons. The molecule has 0 fully saturated rings. The lowest BCUT2D eigenvalue weighted by molar-refractivity contribution is 0.0730. The van der Waals surface area contributed by atoms with E-state index < -0.39 is 21.0 Å². The molecule has 2 aromatic carbocycles. The van der Waals surface area contributed by atoms with E-state index in [9.17, 15) is 13.2 Å². The third kappa shape index (κ3) is 3.56. The van der Waals surface area contributed by atoms with Gasteiger partial charge >= 0.3 is 5.97 Å². The van der Waals surface area contributed by atoms with Crippen LogP contribution in [0.2, 0.25) is 0 Å². The maximum Gasteiger partial charge on any atom is 0.344 e. The minimum Gasteiger partial charge on any atom is -0.423 e. The lowest BCUT2D eigenvalue weighted by Crippen LogP contribution is -2.13. The fraction of sp³-hybridized carbons (Fsp3) is 0. The second-order valence-corrected chi connectivity index (χ2v) is 5.52. The maximum absolute atomic E-state index is 12.0. The van der Waals surface area contributed by atoms with E-state index in [1.807, 2.05) is 0 Å². The number of carbonyl (C=O) groups excluding carboxylic acids is 1. The SMILES string of the molecule is C=Cc1ccc(OC(=O)c2ccccc2S(=O)(=O)O)cc1. The van der Waals surface area contributed by atoms with Gasteiger partial charge in [-0.05, 0) is 29.8 Å². The zero-order chi connectivity index (χ0) is 15.5. The van der Waals surface area contributed by atoms with Crippen molar-refractivity contribution in [2.24, 2.45) is 0 Å². The molecule has 5 nitrogen and oxygen atoms in total. The molecular weight excluding hydrogens is 292 g/mol. The minimum absolute atomic E-state index is 0.229. The Morgan fingerprint density at radius 3 is 2.29 bits per heavy atom. The van der Waals surface area contributed by atoms with E-state index in [-0.39, 0.29) is 11.3 Å². The quantitative estimate of drug-likeness (QED) is 0.533. The van der Waals surface area contributed by atoms with Crippen molar-refractivity contribution < 1.29 is 22.5 Å². The maximum atomic E-state index is 12.0. The van der Waals surface area contributed by atoms with E-state index in [1.54, 1.807) is 30.3 Å². The molecular formula is C15H12O5S. The van der Waals surface area contributed by atoms with Crippen LogP contribution in [-0.4, -0.2) is 18.9 Å². The summed E-state index contributed by atoms with van der Waals surface area (Å²) in [5.41, 5.74) is 0.626. The van der Waals surface area contributed by atoms with Crippen LogP contribution in [0.15, 0.2) is 60.0 Å². The molecule has 2 aromatic rings. The second kappa shape index (κ2) is 5.90. The van der Waals surface area contributed by atoms with Gasteiger partial charge in [0, 0.05) is 0 Å². The molecule has 108 valence electrons. The zero-order valence-electron chi connectivity index (χ0n) is 10.9. The van der Waals surface area contributed by atoms with Crippen molar-refractivity contribution in [1.29, 1.82) is 0 Å². The smallest absolute Gasteiger partial charge is 0.344 e. The van der Waals surface area contributed by atoms with E-state index >= 15 is 0 Å². The third-order valence-corrected chi connectivity index (χ3v) is 3.62. The fourth-order valence-electron chi connectivity index (χ4n) is 1.69. The first-order valence-electron chi connectivity index (χ1n) is 5.93. The van der Waals surface area contributed by atoms with Crippen molar-refractivity contribution >= 4 is 22.2 Å². The summed E-state index contributed by atoms with van der Waals surface area (Å²) in [4.78, 5) is 11.5. The molecule has 21 heavy (non-hydrogen) atoms. The van der Waals surface area contributed by atoms with Gasteiger partial charge in [-0.3, -0.25) is 4.55 Å². The van der Waals surface area contributed by atoms with Gasteiger partial charge < -0.3 is 4.74 Å². The van der Waals surface area contributed by atoms with E-state index in [0.717, 1.165) is 11.6 Å². The van der Waals surface area contributed by atoms with Gasteiger partial charge in [0.15, 0.2) is 0 Å². The van der Waals surface area contributed by atoms with Gasteiger partial charge in [0.2, 0.25) is 0 Å². The molecule has 0 aromatic heterocycles. The zero-order valence-corrected chi connectivity index (χ0v) is 11.7. The molecule has 0 aliphatic carbocycles. The molecule has 0 bridgehead atoms. The first-order valence-corrected chi connectivity index (χ1v) is 7.37. The molecule has 0 saturated heterocycles. The van der Waals surface area contributed by atoms with Crippen molar-refractivity contribution in [2.45, 2.75) is 4.90 Å². The van der Waals surface area contributed by atoms with Crippen LogP contribution in [0.1, 0.15) is 15.9 Å². The van der Waals surface area contributed by atoms with Crippen molar-refractivity contribution in [2.75, 3.05) is 0 Å². The highest BCUT2D eigenvalue weighted by Crippen LogP contribution is 2.19. The van der Waals surface area contributed by atoms with Crippen molar-refractivity contribution in [3.8, 4) is 5.75 Å². The average molecular weight is 304 g/mol. The molecule has 0 saturated carbocycles. The number of esters is 1. The number of benzene rings is 2. The van der Waals surface area contributed by atoms with Crippen molar-refractivity contribution in [1.82, 2.24) is 0 Å². The molecule has 0 amide bonds. The summed E-state index contributed by atoms with van der Waals surface area (Å²) < 4.78 is 36.7. The number of hydrogen-bond donors (Lipinski definition) is 1. The second-order valence-electron chi connectivity index (χ2n) is 4.13. The third-order valence-electron chi connectivity index (χ3n) is 2.71. The van der Waals surface area contributed by atoms with E-state index in [4.69, 9.17) is 9.29 Å². The van der Waals surface area contributed by atoms with Crippen LogP contribution >= 0.6 is 0 Å². The molecule has 0 spiro atoms. The first-order chi connectivity index (χ1) is 9.91. The Morgan fingerprint density at radius 1 is 1.10 bits per heavy atom. The van der Waals surface area contributed by atoms with Gasteiger partial charge in [0.05, 0.1) is 5.56 Å². The fourth-order valence-corrected chi connectivity index (χ4v) is 2.37. The Kier molecular flexibility index (Phi) is 4.21. The van der Waals surface area contributed by atoms with Crippen LogP contribution < -0.4 is 4.74 Å². The summed E-state index contributed by atoms with van der Waals surface area (Å²) in [5.74, 6) is -0.606. The first kappa shape index (κ1) is 15.0. The van der Waals surface area contributed by atoms with Crippen LogP contribution in [0.4, 0.5) is 0 Å². The van der Waals surface area contributed by atoms with Crippen molar-refractivity contribution in [3.05, 3.63) is 66.2 Å². The summed E-state index contributed by atoms with van der Waals surface area (Å²) >= 11 is 0. The number of rotatable bonds is 4. The number of carbonyl (C=O) groups is 1. The molecule has 0 unspecified atom stereocenters. The van der Waals surface area contributed by atoms with Gasteiger partial charge in [-0.15, -0.1) is 0 Å².